The Morgan fingerprint density at radius 3 is 2.58 bits per heavy atom. The maximum atomic E-state index is 12.7. The molecule has 0 spiro atoms. The molecular formula is C19H25N3O3S. The second kappa shape index (κ2) is 8.58. The van der Waals surface area contributed by atoms with Gasteiger partial charge < -0.3 is 14.1 Å². The summed E-state index contributed by atoms with van der Waals surface area (Å²) in [5.74, 6) is 1.33. The van der Waals surface area contributed by atoms with Gasteiger partial charge in [-0.3, -0.25) is 4.79 Å². The third-order valence-electron chi connectivity index (χ3n) is 4.84. The Kier molecular flexibility index (Phi) is 6.19. The van der Waals surface area contributed by atoms with E-state index in [0.29, 0.717) is 17.2 Å². The zero-order valence-corrected chi connectivity index (χ0v) is 16.3. The quantitative estimate of drug-likeness (QED) is 0.711. The van der Waals surface area contributed by atoms with Crippen molar-refractivity contribution in [2.45, 2.75) is 55.5 Å². The van der Waals surface area contributed by atoms with Crippen LogP contribution in [0.15, 0.2) is 33.9 Å². The fraction of sp³-hybridized carbons (Fsp3) is 0.526. The van der Waals surface area contributed by atoms with Crippen molar-refractivity contribution in [1.29, 1.82) is 0 Å². The van der Waals surface area contributed by atoms with E-state index in [4.69, 9.17) is 9.15 Å². The number of nitrogens with zero attached hydrogens (tertiary/aromatic N) is 3. The summed E-state index contributed by atoms with van der Waals surface area (Å²) in [5, 5.41) is 8.31. The molecule has 0 saturated heterocycles. The highest BCUT2D eigenvalue weighted by Crippen LogP contribution is 2.29. The van der Waals surface area contributed by atoms with E-state index in [2.05, 4.69) is 10.2 Å². The molecule has 140 valence electrons. The van der Waals surface area contributed by atoms with Crippen molar-refractivity contribution in [3.05, 3.63) is 24.3 Å². The average Bonchev–Trinajstić information content (AvgIpc) is 3.16. The number of ether oxygens (including phenoxy) is 1. The molecule has 0 radical (unpaired) electrons. The third kappa shape index (κ3) is 4.38. The summed E-state index contributed by atoms with van der Waals surface area (Å²) in [6.07, 6.45) is 5.89. The first kappa shape index (κ1) is 18.8. The Labute approximate surface area is 158 Å². The summed E-state index contributed by atoms with van der Waals surface area (Å²) in [6.45, 7) is 1.89. The zero-order valence-electron chi connectivity index (χ0n) is 15.5. The number of methoxy groups -OCH3 is 1. The molecule has 1 aliphatic rings. The van der Waals surface area contributed by atoms with Crippen molar-refractivity contribution in [3.8, 4) is 17.2 Å². The molecule has 1 aromatic carbocycles. The first-order chi connectivity index (χ1) is 12.6. The lowest BCUT2D eigenvalue weighted by atomic mass is 9.94. The molecule has 1 aliphatic carbocycles. The number of benzene rings is 1. The molecule has 0 N–H and O–H groups in total. The van der Waals surface area contributed by atoms with Gasteiger partial charge in [0.25, 0.3) is 5.22 Å². The minimum absolute atomic E-state index is 0.117. The van der Waals surface area contributed by atoms with Gasteiger partial charge in [0, 0.05) is 18.7 Å². The van der Waals surface area contributed by atoms with Crippen LogP contribution in [0.4, 0.5) is 0 Å². The van der Waals surface area contributed by atoms with Gasteiger partial charge in [-0.1, -0.05) is 31.0 Å². The number of rotatable bonds is 6. The van der Waals surface area contributed by atoms with Gasteiger partial charge in [0.1, 0.15) is 5.75 Å². The van der Waals surface area contributed by atoms with Crippen LogP contribution in [0.5, 0.6) is 5.75 Å². The smallest absolute Gasteiger partial charge is 0.277 e. The lowest BCUT2D eigenvalue weighted by Crippen LogP contribution is -2.42. The van der Waals surface area contributed by atoms with Gasteiger partial charge >= 0.3 is 0 Å². The Bertz CT molecular complexity index is 726. The molecule has 1 fully saturated rings. The molecule has 1 aromatic heterocycles. The summed E-state index contributed by atoms with van der Waals surface area (Å²) in [5.41, 5.74) is 0.823. The van der Waals surface area contributed by atoms with Gasteiger partial charge in [0.2, 0.25) is 11.8 Å². The number of hydrogen-bond donors (Lipinski definition) is 0. The molecular weight excluding hydrogens is 350 g/mol. The fourth-order valence-corrected chi connectivity index (χ4v) is 4.03. The zero-order chi connectivity index (χ0) is 18.5. The van der Waals surface area contributed by atoms with E-state index in [1.165, 1.54) is 31.0 Å². The predicted molar refractivity (Wildman–Crippen MR) is 101 cm³/mol. The molecule has 1 atom stereocenters. The van der Waals surface area contributed by atoms with Crippen LogP contribution >= 0.6 is 11.8 Å². The Morgan fingerprint density at radius 2 is 1.92 bits per heavy atom. The van der Waals surface area contributed by atoms with E-state index in [1.807, 2.05) is 43.1 Å². The number of carbonyl (C=O) groups is 1. The number of hydrogen-bond acceptors (Lipinski definition) is 6. The summed E-state index contributed by atoms with van der Waals surface area (Å²) in [4.78, 5) is 14.6. The highest BCUT2D eigenvalue weighted by Gasteiger charge is 2.27. The van der Waals surface area contributed by atoms with Crippen molar-refractivity contribution >= 4 is 17.7 Å². The minimum Gasteiger partial charge on any atom is -0.497 e. The van der Waals surface area contributed by atoms with Crippen LogP contribution in [-0.2, 0) is 4.79 Å². The standard InChI is InChI=1S/C19H25N3O3S/c1-13(18(23)22(2)15-7-5-4-6-8-15)26-19-21-20-17(25-19)14-9-11-16(24-3)12-10-14/h9-13,15H,4-8H2,1-3H3/t13-/m0/s1. The average molecular weight is 375 g/mol. The van der Waals surface area contributed by atoms with Crippen LogP contribution in [-0.4, -0.2) is 46.5 Å². The monoisotopic (exact) mass is 375 g/mol. The SMILES string of the molecule is COc1ccc(-c2nnc(S[C@@H](C)C(=O)N(C)C3CCCCC3)o2)cc1. The molecule has 3 rings (SSSR count). The first-order valence-corrected chi connectivity index (χ1v) is 9.87. The molecule has 2 aromatic rings. The van der Waals surface area contributed by atoms with Crippen molar-refractivity contribution in [3.63, 3.8) is 0 Å². The Hall–Kier alpha value is -2.02. The molecule has 0 aliphatic heterocycles. The highest BCUT2D eigenvalue weighted by molar-refractivity contribution is 8.00. The predicted octanol–water partition coefficient (Wildman–Crippen LogP) is 4.02. The molecule has 0 bridgehead atoms. The van der Waals surface area contributed by atoms with Crippen molar-refractivity contribution in [1.82, 2.24) is 15.1 Å². The van der Waals surface area contributed by atoms with E-state index >= 15 is 0 Å². The van der Waals surface area contributed by atoms with Crippen LogP contribution in [0.1, 0.15) is 39.0 Å². The van der Waals surface area contributed by atoms with Gasteiger partial charge in [-0.05, 0) is 44.0 Å². The summed E-state index contributed by atoms with van der Waals surface area (Å²) in [6, 6.07) is 7.78. The molecule has 1 saturated carbocycles. The van der Waals surface area contributed by atoms with Crippen LogP contribution in [0.2, 0.25) is 0 Å². The maximum absolute atomic E-state index is 12.7. The number of carbonyl (C=O) groups excluding carboxylic acids is 1. The Morgan fingerprint density at radius 1 is 1.23 bits per heavy atom. The lowest BCUT2D eigenvalue weighted by Gasteiger charge is -2.32. The first-order valence-electron chi connectivity index (χ1n) is 8.99. The number of thioether (sulfide) groups is 1. The fourth-order valence-electron chi connectivity index (χ4n) is 3.24. The number of amides is 1. The van der Waals surface area contributed by atoms with Crippen LogP contribution < -0.4 is 4.74 Å². The normalized spacial score (nSPS) is 16.3. The van der Waals surface area contributed by atoms with Crippen molar-refractivity contribution < 1.29 is 13.9 Å². The molecule has 1 amide bonds. The molecule has 0 unspecified atom stereocenters. The second-order valence-electron chi connectivity index (χ2n) is 6.60. The van der Waals surface area contributed by atoms with Gasteiger partial charge in [-0.25, -0.2) is 0 Å². The van der Waals surface area contributed by atoms with E-state index in [0.717, 1.165) is 24.2 Å². The van der Waals surface area contributed by atoms with E-state index in [1.54, 1.807) is 7.11 Å². The molecule has 1 heterocycles. The van der Waals surface area contributed by atoms with Gasteiger partial charge in [-0.2, -0.15) is 0 Å². The van der Waals surface area contributed by atoms with Crippen LogP contribution in [0.25, 0.3) is 11.5 Å². The van der Waals surface area contributed by atoms with E-state index in [-0.39, 0.29) is 11.2 Å². The largest absolute Gasteiger partial charge is 0.497 e. The molecule has 7 heteroatoms. The van der Waals surface area contributed by atoms with Crippen molar-refractivity contribution in [2.75, 3.05) is 14.2 Å². The van der Waals surface area contributed by atoms with Crippen LogP contribution in [0.3, 0.4) is 0 Å². The topological polar surface area (TPSA) is 68.5 Å². The second-order valence-corrected chi connectivity index (χ2v) is 7.89. The maximum Gasteiger partial charge on any atom is 0.277 e. The van der Waals surface area contributed by atoms with Gasteiger partial charge in [-0.15, -0.1) is 10.2 Å². The Balaban J connectivity index is 1.61. The number of aromatic nitrogens is 2. The van der Waals surface area contributed by atoms with Gasteiger partial charge in [0.15, 0.2) is 0 Å². The third-order valence-corrected chi connectivity index (χ3v) is 5.76. The summed E-state index contributed by atoms with van der Waals surface area (Å²) in [7, 11) is 3.53. The van der Waals surface area contributed by atoms with Crippen molar-refractivity contribution in [2.24, 2.45) is 0 Å². The lowest BCUT2D eigenvalue weighted by molar-refractivity contribution is -0.131. The molecule has 6 nitrogen and oxygen atoms in total. The highest BCUT2D eigenvalue weighted by atomic mass is 32.2. The van der Waals surface area contributed by atoms with Crippen LogP contribution in [0, 0.1) is 0 Å². The molecule has 26 heavy (non-hydrogen) atoms. The van der Waals surface area contributed by atoms with E-state index in [9.17, 15) is 4.79 Å². The summed E-state index contributed by atoms with van der Waals surface area (Å²) < 4.78 is 10.9. The minimum atomic E-state index is -0.258. The summed E-state index contributed by atoms with van der Waals surface area (Å²) >= 11 is 1.31. The van der Waals surface area contributed by atoms with E-state index < -0.39 is 0 Å². The van der Waals surface area contributed by atoms with Gasteiger partial charge in [0.05, 0.1) is 12.4 Å².